The van der Waals surface area contributed by atoms with Gasteiger partial charge in [0.25, 0.3) is 5.91 Å². The maximum atomic E-state index is 12.8. The van der Waals surface area contributed by atoms with Crippen LogP contribution in [-0.2, 0) is 13.0 Å². The van der Waals surface area contributed by atoms with E-state index in [1.54, 1.807) is 19.7 Å². The molecule has 1 amide bonds. The van der Waals surface area contributed by atoms with Crippen LogP contribution in [0.25, 0.3) is 11.1 Å². The summed E-state index contributed by atoms with van der Waals surface area (Å²) in [5.41, 5.74) is 6.62. The van der Waals surface area contributed by atoms with Crippen molar-refractivity contribution in [2.45, 2.75) is 19.9 Å². The first-order valence-electron chi connectivity index (χ1n) is 9.00. The number of carbonyl (C=O) groups excluding carboxylic acids is 1. The van der Waals surface area contributed by atoms with Crippen LogP contribution in [-0.4, -0.2) is 41.5 Å². The van der Waals surface area contributed by atoms with Gasteiger partial charge in [0.1, 0.15) is 4.88 Å². The second-order valence-electron chi connectivity index (χ2n) is 6.64. The second kappa shape index (κ2) is 7.59. The highest BCUT2D eigenvalue weighted by Gasteiger charge is 2.25. The molecular weight excluding hydrogens is 374 g/mol. The van der Waals surface area contributed by atoms with Crippen molar-refractivity contribution in [3.8, 4) is 22.6 Å². The van der Waals surface area contributed by atoms with Crippen LogP contribution in [0.1, 0.15) is 26.6 Å². The number of fused-ring (bicyclic) bond motifs is 1. The van der Waals surface area contributed by atoms with Crippen LogP contribution in [0.5, 0.6) is 11.5 Å². The Morgan fingerprint density at radius 1 is 1.11 bits per heavy atom. The summed E-state index contributed by atoms with van der Waals surface area (Å²) < 4.78 is 10.7. The van der Waals surface area contributed by atoms with Crippen LogP contribution in [0.3, 0.4) is 0 Å². The molecule has 1 aromatic carbocycles. The predicted octanol–water partition coefficient (Wildman–Crippen LogP) is 3.73. The number of aryl methyl sites for hydroxylation is 1. The Morgan fingerprint density at radius 2 is 1.93 bits per heavy atom. The quantitative estimate of drug-likeness (QED) is 0.674. The van der Waals surface area contributed by atoms with Gasteiger partial charge in [0.15, 0.2) is 11.5 Å². The number of rotatable bonds is 4. The lowest BCUT2D eigenvalue weighted by Gasteiger charge is -2.28. The Hall–Kier alpha value is -2.93. The molecule has 1 aliphatic rings. The van der Waals surface area contributed by atoms with E-state index in [0.717, 1.165) is 34.5 Å². The molecule has 3 aromatic rings. The summed E-state index contributed by atoms with van der Waals surface area (Å²) in [6.07, 6.45) is 2.63. The first-order chi connectivity index (χ1) is 13.6. The third-order valence-electron chi connectivity index (χ3n) is 4.98. The molecule has 0 atom stereocenters. The number of ether oxygens (including phenoxy) is 2. The molecule has 0 N–H and O–H groups in total. The molecule has 0 aliphatic carbocycles. The molecule has 6 nitrogen and oxygen atoms in total. The first kappa shape index (κ1) is 18.4. The number of hydrogen-bond donors (Lipinski definition) is 0. The molecule has 3 heterocycles. The summed E-state index contributed by atoms with van der Waals surface area (Å²) in [4.78, 5) is 24.3. The van der Waals surface area contributed by atoms with Crippen molar-refractivity contribution in [1.82, 2.24) is 14.9 Å². The van der Waals surface area contributed by atoms with Gasteiger partial charge in [-0.05, 0) is 36.2 Å². The van der Waals surface area contributed by atoms with Crippen molar-refractivity contribution in [3.63, 3.8) is 0 Å². The fraction of sp³-hybridized carbons (Fsp3) is 0.286. The molecule has 144 valence electrons. The van der Waals surface area contributed by atoms with E-state index in [-0.39, 0.29) is 5.91 Å². The molecule has 2 aromatic heterocycles. The third kappa shape index (κ3) is 3.33. The van der Waals surface area contributed by atoms with Crippen molar-refractivity contribution in [2.75, 3.05) is 20.8 Å². The van der Waals surface area contributed by atoms with E-state index in [9.17, 15) is 4.79 Å². The number of thiazole rings is 1. The zero-order chi connectivity index (χ0) is 19.7. The van der Waals surface area contributed by atoms with Gasteiger partial charge in [-0.2, -0.15) is 0 Å². The van der Waals surface area contributed by atoms with Crippen molar-refractivity contribution >= 4 is 17.2 Å². The lowest BCUT2D eigenvalue weighted by molar-refractivity contribution is 0.0737. The highest BCUT2D eigenvalue weighted by Crippen LogP contribution is 2.33. The number of nitrogens with zero attached hydrogens (tertiary/aromatic N) is 3. The number of hydrogen-bond acceptors (Lipinski definition) is 6. The standard InChI is InChI=1S/C21H21N3O3S/c1-13-20(28-12-23-13)21(25)24-7-6-17-16(11-24)8-15(10-22-17)14-4-5-18(26-2)19(9-14)27-3/h4-5,8-10,12H,6-7,11H2,1-3H3. The Bertz CT molecular complexity index is 1030. The number of benzene rings is 1. The monoisotopic (exact) mass is 395 g/mol. The largest absolute Gasteiger partial charge is 0.493 e. The van der Waals surface area contributed by atoms with Crippen molar-refractivity contribution in [2.24, 2.45) is 0 Å². The third-order valence-corrected chi connectivity index (χ3v) is 5.90. The van der Waals surface area contributed by atoms with Crippen molar-refractivity contribution in [1.29, 1.82) is 0 Å². The minimum atomic E-state index is 0.0437. The van der Waals surface area contributed by atoms with Crippen molar-refractivity contribution < 1.29 is 14.3 Å². The van der Waals surface area contributed by atoms with E-state index < -0.39 is 0 Å². The summed E-state index contributed by atoms with van der Waals surface area (Å²) in [7, 11) is 3.24. The number of amides is 1. The van der Waals surface area contributed by atoms with E-state index >= 15 is 0 Å². The van der Waals surface area contributed by atoms with Crippen LogP contribution in [0.15, 0.2) is 36.0 Å². The second-order valence-corrected chi connectivity index (χ2v) is 7.50. The van der Waals surface area contributed by atoms with Crippen LogP contribution in [0.4, 0.5) is 0 Å². The summed E-state index contributed by atoms with van der Waals surface area (Å²) >= 11 is 1.40. The fourth-order valence-electron chi connectivity index (χ4n) is 3.42. The minimum Gasteiger partial charge on any atom is -0.493 e. The Labute approximate surface area is 167 Å². The number of pyridine rings is 1. The van der Waals surface area contributed by atoms with Crippen LogP contribution in [0.2, 0.25) is 0 Å². The Balaban J connectivity index is 1.62. The summed E-state index contributed by atoms with van der Waals surface area (Å²) in [6.45, 7) is 3.10. The van der Waals surface area contributed by atoms with Gasteiger partial charge in [0.2, 0.25) is 0 Å². The average molecular weight is 395 g/mol. The molecule has 0 bridgehead atoms. The molecule has 0 fully saturated rings. The van der Waals surface area contributed by atoms with Gasteiger partial charge in [-0.15, -0.1) is 11.3 Å². The Kier molecular flexibility index (Phi) is 5.00. The summed E-state index contributed by atoms with van der Waals surface area (Å²) in [5.74, 6) is 1.41. The summed E-state index contributed by atoms with van der Waals surface area (Å²) in [6, 6.07) is 7.92. The first-order valence-corrected chi connectivity index (χ1v) is 9.88. The van der Waals surface area contributed by atoms with Gasteiger partial charge in [-0.3, -0.25) is 9.78 Å². The van der Waals surface area contributed by atoms with Crippen LogP contribution >= 0.6 is 11.3 Å². The lowest BCUT2D eigenvalue weighted by atomic mass is 10.00. The van der Waals surface area contributed by atoms with E-state index in [2.05, 4.69) is 16.0 Å². The molecule has 0 saturated heterocycles. The molecule has 0 unspecified atom stereocenters. The highest BCUT2D eigenvalue weighted by molar-refractivity contribution is 7.11. The molecule has 0 spiro atoms. The molecule has 0 saturated carbocycles. The zero-order valence-electron chi connectivity index (χ0n) is 16.1. The SMILES string of the molecule is COc1ccc(-c2cnc3c(c2)CN(C(=O)c2scnc2C)CC3)cc1OC. The van der Waals surface area contributed by atoms with Gasteiger partial charge in [-0.1, -0.05) is 6.07 Å². The van der Waals surface area contributed by atoms with E-state index in [4.69, 9.17) is 9.47 Å². The number of carbonyl (C=O) groups is 1. The Morgan fingerprint density at radius 3 is 2.64 bits per heavy atom. The van der Waals surface area contributed by atoms with Gasteiger partial charge in [0, 0.05) is 37.0 Å². The van der Waals surface area contributed by atoms with Crippen LogP contribution < -0.4 is 9.47 Å². The number of methoxy groups -OCH3 is 2. The molecule has 1 aliphatic heterocycles. The normalized spacial score (nSPS) is 13.2. The van der Waals surface area contributed by atoms with Gasteiger partial charge in [0.05, 0.1) is 25.4 Å². The van der Waals surface area contributed by atoms with Gasteiger partial charge >= 0.3 is 0 Å². The predicted molar refractivity (Wildman–Crippen MR) is 108 cm³/mol. The average Bonchev–Trinajstić information content (AvgIpc) is 3.17. The molecule has 4 rings (SSSR count). The maximum absolute atomic E-state index is 12.8. The smallest absolute Gasteiger partial charge is 0.266 e. The lowest BCUT2D eigenvalue weighted by Crippen LogP contribution is -2.36. The van der Waals surface area contributed by atoms with E-state index in [1.165, 1.54) is 11.3 Å². The molecule has 28 heavy (non-hydrogen) atoms. The number of aromatic nitrogens is 2. The maximum Gasteiger partial charge on any atom is 0.266 e. The van der Waals surface area contributed by atoms with Crippen LogP contribution in [0, 0.1) is 6.92 Å². The minimum absolute atomic E-state index is 0.0437. The van der Waals surface area contributed by atoms with Crippen molar-refractivity contribution in [3.05, 3.63) is 57.8 Å². The van der Waals surface area contributed by atoms with E-state index in [1.807, 2.05) is 36.2 Å². The molecule has 7 heteroatoms. The fourth-order valence-corrected chi connectivity index (χ4v) is 4.19. The highest BCUT2D eigenvalue weighted by atomic mass is 32.1. The zero-order valence-corrected chi connectivity index (χ0v) is 16.9. The molecule has 0 radical (unpaired) electrons. The molecular formula is C21H21N3O3S. The topological polar surface area (TPSA) is 64.5 Å². The summed E-state index contributed by atoms with van der Waals surface area (Å²) in [5, 5.41) is 0. The van der Waals surface area contributed by atoms with Gasteiger partial charge < -0.3 is 14.4 Å². The van der Waals surface area contributed by atoms with E-state index in [0.29, 0.717) is 29.5 Å². The van der Waals surface area contributed by atoms with Gasteiger partial charge in [-0.25, -0.2) is 4.98 Å².